The number of nitrogens with one attached hydrogen (secondary N) is 1. The molecule has 1 aliphatic carbocycles. The molecule has 1 N–H and O–H groups in total. The summed E-state index contributed by atoms with van der Waals surface area (Å²) in [5.41, 5.74) is 0. The zero-order valence-corrected chi connectivity index (χ0v) is 9.45. The van der Waals surface area contributed by atoms with Crippen LogP contribution in [0.3, 0.4) is 0 Å². The van der Waals surface area contributed by atoms with Gasteiger partial charge in [-0.3, -0.25) is 0 Å². The highest BCUT2D eigenvalue weighted by atomic mass is 14.7. The smallest absolute Gasteiger partial charge is 0.0167 e. The first-order valence-electron chi connectivity index (χ1n) is 5.41. The largest absolute Gasteiger partial charge is 0.323 e. The molecule has 0 bridgehead atoms. The first-order valence-corrected chi connectivity index (χ1v) is 5.41. The van der Waals surface area contributed by atoms with Crippen LogP contribution in [-0.4, -0.2) is 14.1 Å². The summed E-state index contributed by atoms with van der Waals surface area (Å²) >= 11 is 0. The Balaban J connectivity index is 0. The van der Waals surface area contributed by atoms with Crippen LogP contribution < -0.4 is 5.32 Å². The maximum Gasteiger partial charge on any atom is -0.0167 e. The van der Waals surface area contributed by atoms with Gasteiger partial charge in [0.05, 0.1) is 0 Å². The summed E-state index contributed by atoms with van der Waals surface area (Å²) in [5, 5.41) is 2.75. The minimum atomic E-state index is 1.25. The fourth-order valence-corrected chi connectivity index (χ4v) is 1.06. The third-order valence-electron chi connectivity index (χ3n) is 1.50. The van der Waals surface area contributed by atoms with Crippen LogP contribution in [0.2, 0.25) is 0 Å². The average molecular weight is 173 g/mol. The van der Waals surface area contributed by atoms with Gasteiger partial charge in [0.15, 0.2) is 0 Å². The van der Waals surface area contributed by atoms with E-state index in [9.17, 15) is 0 Å². The number of hydrogen-bond acceptors (Lipinski definition) is 1. The van der Waals surface area contributed by atoms with E-state index in [0.717, 1.165) is 0 Å². The van der Waals surface area contributed by atoms with Crippen molar-refractivity contribution in [3.8, 4) is 0 Å². The molecule has 1 saturated carbocycles. The van der Waals surface area contributed by atoms with Crippen LogP contribution in [-0.2, 0) is 0 Å². The van der Waals surface area contributed by atoms with Crippen molar-refractivity contribution in [2.75, 3.05) is 14.1 Å². The molecule has 0 aromatic rings. The van der Waals surface area contributed by atoms with Gasteiger partial charge < -0.3 is 5.32 Å². The summed E-state index contributed by atoms with van der Waals surface area (Å²) in [6.45, 7) is 4.25. The van der Waals surface area contributed by atoms with E-state index in [1.165, 1.54) is 44.9 Å². The van der Waals surface area contributed by atoms with E-state index < -0.39 is 0 Å². The first-order chi connectivity index (χ1) is 5.83. The van der Waals surface area contributed by atoms with Gasteiger partial charge in [0.2, 0.25) is 0 Å². The molecule has 0 atom stereocenters. The number of rotatable bonds is 0. The minimum absolute atomic E-state index is 1.25. The molecule has 1 nitrogen and oxygen atoms in total. The quantitative estimate of drug-likeness (QED) is 0.590. The molecule has 0 aliphatic heterocycles. The third-order valence-corrected chi connectivity index (χ3v) is 1.50. The SMILES string of the molecule is C1CCCCC1.CCC.CNC. The summed E-state index contributed by atoms with van der Waals surface area (Å²) < 4.78 is 0. The van der Waals surface area contributed by atoms with Gasteiger partial charge in [-0.15, -0.1) is 0 Å². The molecule has 0 unspecified atom stereocenters. The van der Waals surface area contributed by atoms with E-state index in [0.29, 0.717) is 0 Å². The van der Waals surface area contributed by atoms with E-state index in [-0.39, 0.29) is 0 Å². The second-order valence-electron chi connectivity index (χ2n) is 3.33. The lowest BCUT2D eigenvalue weighted by molar-refractivity contribution is 0.504. The van der Waals surface area contributed by atoms with Gasteiger partial charge >= 0.3 is 0 Å². The highest BCUT2D eigenvalue weighted by molar-refractivity contribution is 4.51. The highest BCUT2D eigenvalue weighted by Crippen LogP contribution is 2.15. The number of hydrogen-bond donors (Lipinski definition) is 1. The van der Waals surface area contributed by atoms with Crippen molar-refractivity contribution in [3.05, 3.63) is 0 Å². The highest BCUT2D eigenvalue weighted by Gasteiger charge is 1.95. The van der Waals surface area contributed by atoms with Gasteiger partial charge in [0.1, 0.15) is 0 Å². The maximum atomic E-state index is 2.75. The molecule has 1 rings (SSSR count). The van der Waals surface area contributed by atoms with Crippen molar-refractivity contribution in [1.82, 2.24) is 5.32 Å². The second-order valence-corrected chi connectivity index (χ2v) is 3.33. The predicted octanol–water partition coefficient (Wildman–Crippen LogP) is 3.59. The predicted molar refractivity (Wildman–Crippen MR) is 58.7 cm³/mol. The summed E-state index contributed by atoms with van der Waals surface area (Å²) in [7, 11) is 3.75. The molecule has 12 heavy (non-hydrogen) atoms. The van der Waals surface area contributed by atoms with E-state index >= 15 is 0 Å². The maximum absolute atomic E-state index is 2.75. The van der Waals surface area contributed by atoms with Crippen LogP contribution in [0.5, 0.6) is 0 Å². The Morgan fingerprint density at radius 1 is 0.750 bits per heavy atom. The summed E-state index contributed by atoms with van der Waals surface area (Å²) in [5.74, 6) is 0. The third kappa shape index (κ3) is 22.5. The average Bonchev–Trinajstić information content (AvgIpc) is 2.10. The van der Waals surface area contributed by atoms with E-state index in [4.69, 9.17) is 0 Å². The van der Waals surface area contributed by atoms with Crippen molar-refractivity contribution in [3.63, 3.8) is 0 Å². The Hall–Kier alpha value is -0.0400. The van der Waals surface area contributed by atoms with Crippen molar-refractivity contribution < 1.29 is 0 Å². The van der Waals surface area contributed by atoms with Crippen molar-refractivity contribution in [2.24, 2.45) is 0 Å². The molecule has 0 aromatic heterocycles. The zero-order chi connectivity index (χ0) is 9.66. The Bertz CT molecular complexity index is 35.5. The van der Waals surface area contributed by atoms with Crippen molar-refractivity contribution >= 4 is 0 Å². The molecule has 0 heterocycles. The lowest BCUT2D eigenvalue weighted by Gasteiger charge is -2.05. The van der Waals surface area contributed by atoms with E-state index in [2.05, 4.69) is 19.2 Å². The van der Waals surface area contributed by atoms with Crippen LogP contribution >= 0.6 is 0 Å². The summed E-state index contributed by atoms with van der Waals surface area (Å²) in [6, 6.07) is 0. The van der Waals surface area contributed by atoms with Crippen molar-refractivity contribution in [2.45, 2.75) is 58.8 Å². The molecular weight excluding hydrogens is 146 g/mol. The Morgan fingerprint density at radius 3 is 0.917 bits per heavy atom. The monoisotopic (exact) mass is 173 g/mol. The summed E-state index contributed by atoms with van der Waals surface area (Å²) in [6.07, 6.45) is 10.2. The minimum Gasteiger partial charge on any atom is -0.323 e. The lowest BCUT2D eigenvalue weighted by Crippen LogP contribution is -1.89. The molecule has 0 radical (unpaired) electrons. The molecule has 0 saturated heterocycles. The second kappa shape index (κ2) is 17.2. The van der Waals surface area contributed by atoms with Gasteiger partial charge in [0, 0.05) is 0 Å². The standard InChI is InChI=1S/C6H12.C3H8.C2H7N/c1-2-4-6-5-3-1;2*1-3-2/h1-6H2;3H2,1-2H3;3H,1-2H3. The topological polar surface area (TPSA) is 12.0 Å². The molecule has 0 aromatic carbocycles. The Labute approximate surface area is 78.9 Å². The molecule has 0 spiro atoms. The lowest BCUT2D eigenvalue weighted by atomic mass is 10.0. The summed E-state index contributed by atoms with van der Waals surface area (Å²) in [4.78, 5) is 0. The molecular formula is C11H27N. The van der Waals surface area contributed by atoms with E-state index in [1.54, 1.807) is 0 Å². The van der Waals surface area contributed by atoms with Gasteiger partial charge in [0.25, 0.3) is 0 Å². The Kier molecular flexibility index (Phi) is 20.7. The van der Waals surface area contributed by atoms with Crippen LogP contribution in [0, 0.1) is 0 Å². The van der Waals surface area contributed by atoms with Crippen LogP contribution in [0.25, 0.3) is 0 Å². The molecule has 1 fully saturated rings. The fraction of sp³-hybridized carbons (Fsp3) is 1.00. The van der Waals surface area contributed by atoms with Crippen LogP contribution in [0.1, 0.15) is 58.8 Å². The molecule has 0 amide bonds. The van der Waals surface area contributed by atoms with Gasteiger partial charge in [-0.2, -0.15) is 0 Å². The first kappa shape index (κ1) is 14.5. The van der Waals surface area contributed by atoms with Gasteiger partial charge in [-0.25, -0.2) is 0 Å². The molecule has 76 valence electrons. The van der Waals surface area contributed by atoms with Gasteiger partial charge in [-0.05, 0) is 14.1 Å². The van der Waals surface area contributed by atoms with Crippen LogP contribution in [0.4, 0.5) is 0 Å². The fourth-order valence-electron chi connectivity index (χ4n) is 1.06. The zero-order valence-electron chi connectivity index (χ0n) is 9.45. The van der Waals surface area contributed by atoms with Crippen molar-refractivity contribution in [1.29, 1.82) is 0 Å². The Morgan fingerprint density at radius 2 is 0.833 bits per heavy atom. The molecule has 1 heteroatoms. The normalized spacial score (nSPS) is 15.0. The van der Waals surface area contributed by atoms with Gasteiger partial charge in [-0.1, -0.05) is 58.8 Å². The molecule has 1 aliphatic rings. The van der Waals surface area contributed by atoms with Crippen LogP contribution in [0.15, 0.2) is 0 Å². The van der Waals surface area contributed by atoms with E-state index in [1.807, 2.05) is 14.1 Å².